The molecule has 1 aliphatic heterocycles. The summed E-state index contributed by atoms with van der Waals surface area (Å²) in [5, 5.41) is 5.98. The lowest BCUT2D eigenvalue weighted by Gasteiger charge is -2.22. The highest BCUT2D eigenvalue weighted by molar-refractivity contribution is 5.85. The molecule has 0 aromatic heterocycles. The van der Waals surface area contributed by atoms with Gasteiger partial charge in [-0.2, -0.15) is 0 Å². The Labute approximate surface area is 148 Å². The molecule has 1 amide bonds. The normalized spacial score (nSPS) is 16.7. The summed E-state index contributed by atoms with van der Waals surface area (Å²) in [4.78, 5) is 11.8. The molecule has 136 valence electrons. The minimum atomic E-state index is -0.396. The van der Waals surface area contributed by atoms with E-state index in [1.807, 2.05) is 0 Å². The lowest BCUT2D eigenvalue weighted by Crippen LogP contribution is -2.48. The van der Waals surface area contributed by atoms with Crippen molar-refractivity contribution in [1.29, 1.82) is 0 Å². The third kappa shape index (κ3) is 6.43. The fourth-order valence-corrected chi connectivity index (χ4v) is 2.19. The molecule has 1 fully saturated rings. The van der Waals surface area contributed by atoms with Gasteiger partial charge >= 0.3 is 0 Å². The molecular weight excluding hydrogens is 336 g/mol. The number of halogens is 1. The molecule has 0 aliphatic carbocycles. The predicted molar refractivity (Wildman–Crippen MR) is 92.5 cm³/mol. The molecular formula is C16H25ClN2O5. The zero-order chi connectivity index (χ0) is 16.5. The molecule has 0 radical (unpaired) electrons. The van der Waals surface area contributed by atoms with Gasteiger partial charge in [0.2, 0.25) is 5.91 Å². The molecule has 1 saturated heterocycles. The first kappa shape index (κ1) is 20.3. The van der Waals surface area contributed by atoms with Gasteiger partial charge in [-0.25, -0.2) is 0 Å². The van der Waals surface area contributed by atoms with Crippen molar-refractivity contribution in [2.24, 2.45) is 0 Å². The molecule has 0 saturated carbocycles. The van der Waals surface area contributed by atoms with Gasteiger partial charge in [0.05, 0.1) is 27.4 Å². The van der Waals surface area contributed by atoms with Gasteiger partial charge in [0.25, 0.3) is 0 Å². The van der Waals surface area contributed by atoms with E-state index in [2.05, 4.69) is 10.6 Å². The first-order chi connectivity index (χ1) is 11.2. The summed E-state index contributed by atoms with van der Waals surface area (Å²) in [5.41, 5.74) is 0. The summed E-state index contributed by atoms with van der Waals surface area (Å²) in [7, 11) is 3.19. The number of amides is 1. The first-order valence-electron chi connectivity index (χ1n) is 7.69. The number of nitrogens with one attached hydrogen (secondary N) is 2. The second-order valence-corrected chi connectivity index (χ2v) is 5.10. The molecule has 1 aliphatic rings. The van der Waals surface area contributed by atoms with Gasteiger partial charge in [-0.1, -0.05) is 0 Å². The summed E-state index contributed by atoms with van der Waals surface area (Å²) < 4.78 is 21.4. The van der Waals surface area contributed by atoms with E-state index in [1.54, 1.807) is 32.4 Å². The van der Waals surface area contributed by atoms with Crippen LogP contribution in [0.1, 0.15) is 6.42 Å². The van der Waals surface area contributed by atoms with Gasteiger partial charge in [-0.3, -0.25) is 4.79 Å². The summed E-state index contributed by atoms with van der Waals surface area (Å²) in [6.07, 6.45) is 0.304. The summed E-state index contributed by atoms with van der Waals surface area (Å²) >= 11 is 0. The molecule has 1 atom stereocenters. The Morgan fingerprint density at radius 1 is 1.25 bits per heavy atom. The van der Waals surface area contributed by atoms with Crippen molar-refractivity contribution in [2.75, 3.05) is 47.1 Å². The number of benzene rings is 1. The number of carbonyl (C=O) groups is 1. The topological polar surface area (TPSA) is 78.0 Å². The van der Waals surface area contributed by atoms with Crippen molar-refractivity contribution in [3.05, 3.63) is 18.2 Å². The van der Waals surface area contributed by atoms with E-state index in [1.165, 1.54) is 0 Å². The monoisotopic (exact) mass is 360 g/mol. The van der Waals surface area contributed by atoms with Crippen LogP contribution >= 0.6 is 12.4 Å². The quantitative estimate of drug-likeness (QED) is 0.673. The largest absolute Gasteiger partial charge is 0.496 e. The summed E-state index contributed by atoms with van der Waals surface area (Å²) in [5.74, 6) is 1.94. The molecule has 0 bridgehead atoms. The van der Waals surface area contributed by atoms with Crippen molar-refractivity contribution in [3.8, 4) is 17.2 Å². The predicted octanol–water partition coefficient (Wildman–Crippen LogP) is 0.999. The number of ether oxygens (including phenoxy) is 4. The summed E-state index contributed by atoms with van der Waals surface area (Å²) in [6.45, 7) is 2.95. The summed E-state index contributed by atoms with van der Waals surface area (Å²) in [6, 6.07) is 5.37. The Balaban J connectivity index is 0.00000288. The molecule has 24 heavy (non-hydrogen) atoms. The van der Waals surface area contributed by atoms with Gasteiger partial charge in [-0.15, -0.1) is 12.4 Å². The van der Waals surface area contributed by atoms with Crippen molar-refractivity contribution in [1.82, 2.24) is 10.6 Å². The lowest BCUT2D eigenvalue weighted by atomic mass is 10.3. The zero-order valence-corrected chi connectivity index (χ0v) is 14.8. The van der Waals surface area contributed by atoms with E-state index in [9.17, 15) is 4.79 Å². The van der Waals surface area contributed by atoms with Crippen molar-refractivity contribution in [2.45, 2.75) is 12.5 Å². The lowest BCUT2D eigenvalue weighted by molar-refractivity contribution is -0.134. The second-order valence-electron chi connectivity index (χ2n) is 5.10. The van der Waals surface area contributed by atoms with Crippen molar-refractivity contribution in [3.63, 3.8) is 0 Å². The van der Waals surface area contributed by atoms with E-state index in [-0.39, 0.29) is 18.3 Å². The average Bonchev–Trinajstić information content (AvgIpc) is 2.61. The van der Waals surface area contributed by atoms with Gasteiger partial charge in [0.15, 0.2) is 0 Å². The second kappa shape index (κ2) is 11.0. The van der Waals surface area contributed by atoms with E-state index in [0.29, 0.717) is 50.0 Å². The zero-order valence-electron chi connectivity index (χ0n) is 14.0. The number of methoxy groups -OCH3 is 2. The first-order valence-corrected chi connectivity index (χ1v) is 7.69. The minimum Gasteiger partial charge on any atom is -0.496 e. The van der Waals surface area contributed by atoms with E-state index < -0.39 is 6.10 Å². The number of rotatable bonds is 8. The molecule has 2 rings (SSSR count). The molecule has 1 aromatic rings. The number of hydrogen-bond acceptors (Lipinski definition) is 6. The Kier molecular flexibility index (Phi) is 9.29. The van der Waals surface area contributed by atoms with E-state index in [0.717, 1.165) is 6.54 Å². The van der Waals surface area contributed by atoms with Crippen LogP contribution in [0.2, 0.25) is 0 Å². The Morgan fingerprint density at radius 2 is 1.92 bits per heavy atom. The smallest absolute Gasteiger partial charge is 0.250 e. The van der Waals surface area contributed by atoms with Crippen LogP contribution in [0.25, 0.3) is 0 Å². The fraction of sp³-hybridized carbons (Fsp3) is 0.562. The number of hydrogen-bond donors (Lipinski definition) is 2. The van der Waals surface area contributed by atoms with Crippen LogP contribution in [-0.2, 0) is 9.53 Å². The molecule has 1 unspecified atom stereocenters. The van der Waals surface area contributed by atoms with Crippen LogP contribution in [0.3, 0.4) is 0 Å². The fourth-order valence-electron chi connectivity index (χ4n) is 2.19. The van der Waals surface area contributed by atoms with Crippen LogP contribution in [-0.4, -0.2) is 59.1 Å². The van der Waals surface area contributed by atoms with Gasteiger partial charge in [-0.05, 0) is 6.42 Å². The molecule has 0 spiro atoms. The van der Waals surface area contributed by atoms with Crippen LogP contribution in [0.4, 0.5) is 0 Å². The van der Waals surface area contributed by atoms with Crippen LogP contribution < -0.4 is 24.8 Å². The number of morpholine rings is 1. The highest BCUT2D eigenvalue weighted by Gasteiger charge is 2.20. The SMILES string of the molecule is COc1cc(OC)cc(OCCCNC(=O)C2CNCCO2)c1.Cl. The molecule has 1 heterocycles. The third-order valence-corrected chi connectivity index (χ3v) is 3.43. The van der Waals surface area contributed by atoms with Crippen LogP contribution in [0.5, 0.6) is 17.2 Å². The maximum absolute atomic E-state index is 11.8. The molecule has 1 aromatic carbocycles. The third-order valence-electron chi connectivity index (χ3n) is 3.43. The van der Waals surface area contributed by atoms with Crippen molar-refractivity contribution < 1.29 is 23.7 Å². The minimum absolute atomic E-state index is 0. The highest BCUT2D eigenvalue weighted by Crippen LogP contribution is 2.27. The molecule has 7 nitrogen and oxygen atoms in total. The van der Waals surface area contributed by atoms with Gasteiger partial charge in [0.1, 0.15) is 23.4 Å². The standard InChI is InChI=1S/C16H24N2O5.ClH/c1-20-12-8-13(21-2)10-14(9-12)22-6-3-4-18-16(19)15-11-17-5-7-23-15;/h8-10,15,17H,3-7,11H2,1-2H3,(H,18,19);1H. The molecule has 8 heteroatoms. The Bertz CT molecular complexity index is 487. The highest BCUT2D eigenvalue weighted by atomic mass is 35.5. The van der Waals surface area contributed by atoms with Crippen LogP contribution in [0.15, 0.2) is 18.2 Å². The Morgan fingerprint density at radius 3 is 2.50 bits per heavy atom. The number of carbonyl (C=O) groups excluding carboxylic acids is 1. The van der Waals surface area contributed by atoms with E-state index in [4.69, 9.17) is 18.9 Å². The average molecular weight is 361 g/mol. The maximum Gasteiger partial charge on any atom is 0.250 e. The van der Waals surface area contributed by atoms with Gasteiger partial charge in [0, 0.05) is 37.8 Å². The van der Waals surface area contributed by atoms with Gasteiger partial charge < -0.3 is 29.6 Å². The Hall–Kier alpha value is -1.70. The van der Waals surface area contributed by atoms with E-state index >= 15 is 0 Å². The van der Waals surface area contributed by atoms with Crippen molar-refractivity contribution >= 4 is 18.3 Å². The van der Waals surface area contributed by atoms with Crippen LogP contribution in [0, 0.1) is 0 Å². The maximum atomic E-state index is 11.8. The molecule has 2 N–H and O–H groups in total.